The van der Waals surface area contributed by atoms with E-state index in [4.69, 9.17) is 12.2 Å². The Kier molecular flexibility index (Phi) is 5.78. The Labute approximate surface area is 158 Å². The highest BCUT2D eigenvalue weighted by Crippen LogP contribution is 2.23. The summed E-state index contributed by atoms with van der Waals surface area (Å²) < 4.78 is 3.59. The number of nitrogens with zero attached hydrogens (tertiary/aromatic N) is 3. The lowest BCUT2D eigenvalue weighted by Gasteiger charge is -2.15. The number of halogens is 1. The number of hydrogen-bond acceptors (Lipinski definition) is 4. The molecule has 0 aliphatic rings. The van der Waals surface area contributed by atoms with E-state index in [1.54, 1.807) is 11.3 Å². The van der Waals surface area contributed by atoms with Gasteiger partial charge in [0, 0.05) is 11.4 Å². The predicted molar refractivity (Wildman–Crippen MR) is 106 cm³/mol. The molecule has 2 heterocycles. The Morgan fingerprint density at radius 1 is 1.25 bits per heavy atom. The lowest BCUT2D eigenvalue weighted by Crippen LogP contribution is -2.22. The number of nitrogens with one attached hydrogen (secondary N) is 1. The van der Waals surface area contributed by atoms with Crippen LogP contribution in [0.2, 0.25) is 0 Å². The molecule has 124 valence electrons. The Morgan fingerprint density at radius 3 is 2.75 bits per heavy atom. The number of H-pyrrole nitrogens is 1. The van der Waals surface area contributed by atoms with Crippen LogP contribution in [0.5, 0.6) is 0 Å². The van der Waals surface area contributed by atoms with Gasteiger partial charge in [-0.05, 0) is 59.0 Å². The van der Waals surface area contributed by atoms with Crippen LogP contribution < -0.4 is 0 Å². The Morgan fingerprint density at radius 2 is 2.04 bits per heavy atom. The second-order valence-corrected chi connectivity index (χ2v) is 8.34. The molecule has 0 atom stereocenters. The van der Waals surface area contributed by atoms with Crippen LogP contribution in [0.4, 0.5) is 0 Å². The number of aromatic nitrogens is 3. The van der Waals surface area contributed by atoms with Crippen LogP contribution >= 0.6 is 39.5 Å². The number of rotatable bonds is 6. The largest absolute Gasteiger partial charge is 0.282 e. The van der Waals surface area contributed by atoms with Crippen LogP contribution in [0.15, 0.2) is 46.3 Å². The van der Waals surface area contributed by atoms with Gasteiger partial charge in [0.2, 0.25) is 4.77 Å². The number of benzene rings is 1. The summed E-state index contributed by atoms with van der Waals surface area (Å²) in [5.41, 5.74) is 1.13. The summed E-state index contributed by atoms with van der Waals surface area (Å²) in [4.78, 5) is 7.89. The van der Waals surface area contributed by atoms with Crippen molar-refractivity contribution in [3.05, 3.63) is 67.3 Å². The fourth-order valence-electron chi connectivity index (χ4n) is 2.28. The molecule has 4 nitrogen and oxygen atoms in total. The number of thiophene rings is 1. The second-order valence-electron chi connectivity index (χ2n) is 5.42. The van der Waals surface area contributed by atoms with Gasteiger partial charge >= 0.3 is 0 Å². The molecule has 0 radical (unpaired) electrons. The fourth-order valence-corrected chi connectivity index (χ4v) is 4.04. The maximum atomic E-state index is 5.35. The fraction of sp³-hybridized carbons (Fsp3) is 0.176. The molecule has 0 amide bonds. The van der Waals surface area contributed by atoms with Crippen LogP contribution in [-0.4, -0.2) is 26.7 Å². The Balaban J connectivity index is 1.65. The van der Waals surface area contributed by atoms with Gasteiger partial charge in [0.05, 0.1) is 10.5 Å². The van der Waals surface area contributed by atoms with E-state index in [2.05, 4.69) is 62.2 Å². The minimum atomic E-state index is 0.557. The molecule has 3 rings (SSSR count). The first-order valence-corrected chi connectivity index (χ1v) is 9.45. The van der Waals surface area contributed by atoms with Gasteiger partial charge in [0.15, 0.2) is 0 Å². The van der Waals surface area contributed by atoms with Gasteiger partial charge in [0.25, 0.3) is 0 Å². The molecule has 2 aromatic heterocycles. The lowest BCUT2D eigenvalue weighted by molar-refractivity contribution is 0.246. The van der Waals surface area contributed by atoms with Gasteiger partial charge in [-0.1, -0.05) is 36.4 Å². The molecule has 0 saturated carbocycles. The maximum absolute atomic E-state index is 5.35. The summed E-state index contributed by atoms with van der Waals surface area (Å²) in [6.45, 7) is 1.53. The molecule has 0 saturated heterocycles. The SMILES string of the molecule is CN(Cc1ccc(Br)s1)Cn1[nH]c(/C=C/c2ccccc2)nc1=S. The van der Waals surface area contributed by atoms with Crippen molar-refractivity contribution in [2.75, 3.05) is 7.05 Å². The third kappa shape index (κ3) is 4.73. The van der Waals surface area contributed by atoms with E-state index in [1.165, 1.54) is 4.88 Å². The monoisotopic (exact) mass is 420 g/mol. The maximum Gasteiger partial charge on any atom is 0.217 e. The van der Waals surface area contributed by atoms with E-state index >= 15 is 0 Å². The van der Waals surface area contributed by atoms with Crippen molar-refractivity contribution in [2.24, 2.45) is 0 Å². The summed E-state index contributed by atoms with van der Waals surface area (Å²) in [5, 5.41) is 3.24. The molecule has 0 bridgehead atoms. The standard InChI is InChI=1S/C17H17BrN4S2/c1-21(11-14-8-9-15(18)24-14)12-22-17(23)19-16(20-22)10-7-13-5-3-2-4-6-13/h2-10H,11-12H2,1H3,(H,19,20,23)/b10-7+. The van der Waals surface area contributed by atoms with E-state index < -0.39 is 0 Å². The van der Waals surface area contributed by atoms with Gasteiger partial charge < -0.3 is 0 Å². The predicted octanol–water partition coefficient (Wildman–Crippen LogP) is 5.02. The molecule has 1 aromatic carbocycles. The Bertz CT molecular complexity index is 879. The molecule has 0 fully saturated rings. The summed E-state index contributed by atoms with van der Waals surface area (Å²) >= 11 is 10.6. The number of aromatic amines is 1. The van der Waals surface area contributed by atoms with Crippen LogP contribution in [0.1, 0.15) is 16.3 Å². The van der Waals surface area contributed by atoms with Gasteiger partial charge in [-0.2, -0.15) is 4.98 Å². The summed E-state index contributed by atoms with van der Waals surface area (Å²) in [6, 6.07) is 14.3. The molecule has 0 aliphatic heterocycles. The third-order valence-corrected chi connectivity index (χ3v) is 5.29. The molecule has 24 heavy (non-hydrogen) atoms. The average molecular weight is 421 g/mol. The molecule has 0 spiro atoms. The highest BCUT2D eigenvalue weighted by molar-refractivity contribution is 9.11. The van der Waals surface area contributed by atoms with E-state index in [0.717, 1.165) is 21.7 Å². The topological polar surface area (TPSA) is 36.9 Å². The molecular formula is C17H17BrN4S2. The summed E-state index contributed by atoms with van der Waals surface area (Å²) in [6.07, 6.45) is 3.96. The second kappa shape index (κ2) is 8.02. The first-order chi connectivity index (χ1) is 11.6. The van der Waals surface area contributed by atoms with E-state index in [-0.39, 0.29) is 0 Å². The van der Waals surface area contributed by atoms with Crippen molar-refractivity contribution < 1.29 is 0 Å². The van der Waals surface area contributed by atoms with Crippen LogP contribution in [0.25, 0.3) is 12.2 Å². The zero-order valence-electron chi connectivity index (χ0n) is 13.1. The van der Waals surface area contributed by atoms with E-state index in [0.29, 0.717) is 11.4 Å². The van der Waals surface area contributed by atoms with E-state index in [1.807, 2.05) is 35.0 Å². The molecule has 1 N–H and O–H groups in total. The smallest absolute Gasteiger partial charge is 0.217 e. The molecule has 3 aromatic rings. The average Bonchev–Trinajstić information content (AvgIpc) is 3.12. The van der Waals surface area contributed by atoms with E-state index in [9.17, 15) is 0 Å². The normalized spacial score (nSPS) is 11.6. The molecule has 0 aliphatic carbocycles. The quantitative estimate of drug-likeness (QED) is 0.568. The highest BCUT2D eigenvalue weighted by Gasteiger charge is 2.06. The first kappa shape index (κ1) is 17.3. The van der Waals surface area contributed by atoms with Crippen molar-refractivity contribution in [1.82, 2.24) is 19.7 Å². The third-order valence-electron chi connectivity index (χ3n) is 3.37. The highest BCUT2D eigenvalue weighted by atomic mass is 79.9. The molecule has 0 unspecified atom stereocenters. The lowest BCUT2D eigenvalue weighted by atomic mass is 10.2. The number of hydrogen-bond donors (Lipinski definition) is 1. The van der Waals surface area contributed by atoms with Crippen molar-refractivity contribution in [1.29, 1.82) is 0 Å². The summed E-state index contributed by atoms with van der Waals surface area (Å²) in [5.74, 6) is 0.760. The minimum absolute atomic E-state index is 0.557. The van der Waals surface area contributed by atoms with Gasteiger partial charge in [-0.3, -0.25) is 10.00 Å². The zero-order valence-corrected chi connectivity index (χ0v) is 16.4. The van der Waals surface area contributed by atoms with Crippen molar-refractivity contribution in [2.45, 2.75) is 13.2 Å². The first-order valence-electron chi connectivity index (χ1n) is 7.43. The Hall–Kier alpha value is -1.54. The van der Waals surface area contributed by atoms with Crippen LogP contribution in [0, 0.1) is 4.77 Å². The molecule has 7 heteroatoms. The summed E-state index contributed by atoms with van der Waals surface area (Å²) in [7, 11) is 2.07. The van der Waals surface area contributed by atoms with Crippen molar-refractivity contribution in [3.63, 3.8) is 0 Å². The van der Waals surface area contributed by atoms with Gasteiger partial charge in [0.1, 0.15) is 5.82 Å². The van der Waals surface area contributed by atoms with Crippen LogP contribution in [0.3, 0.4) is 0 Å². The van der Waals surface area contributed by atoms with Crippen molar-refractivity contribution in [3.8, 4) is 0 Å². The van der Waals surface area contributed by atoms with Gasteiger partial charge in [-0.25, -0.2) is 4.68 Å². The van der Waals surface area contributed by atoms with Gasteiger partial charge in [-0.15, -0.1) is 11.3 Å². The van der Waals surface area contributed by atoms with Crippen LogP contribution in [-0.2, 0) is 13.2 Å². The minimum Gasteiger partial charge on any atom is -0.282 e. The molecular weight excluding hydrogens is 404 g/mol. The van der Waals surface area contributed by atoms with Crippen molar-refractivity contribution >= 4 is 51.6 Å². The zero-order chi connectivity index (χ0) is 16.9.